The number of anilines is 1. The van der Waals surface area contributed by atoms with Crippen LogP contribution in [0.3, 0.4) is 0 Å². The molecule has 0 bridgehead atoms. The fourth-order valence-corrected chi connectivity index (χ4v) is 3.68. The number of carbonyl (C=O) groups excluding carboxylic acids is 1. The summed E-state index contributed by atoms with van der Waals surface area (Å²) in [7, 11) is 1.65. The molecule has 2 aromatic heterocycles. The summed E-state index contributed by atoms with van der Waals surface area (Å²) in [5.41, 5.74) is 1.97. The zero-order valence-corrected chi connectivity index (χ0v) is 18.8. The Labute approximate surface area is 188 Å². The van der Waals surface area contributed by atoms with Gasteiger partial charge in [-0.15, -0.1) is 0 Å². The van der Waals surface area contributed by atoms with Crippen LogP contribution in [0.15, 0.2) is 47.1 Å². The van der Waals surface area contributed by atoms with E-state index >= 15 is 0 Å². The van der Waals surface area contributed by atoms with E-state index < -0.39 is 0 Å². The molecule has 1 aliphatic rings. The average Bonchev–Trinajstić information content (AvgIpc) is 3.34. The van der Waals surface area contributed by atoms with E-state index in [0.717, 1.165) is 42.2 Å². The summed E-state index contributed by atoms with van der Waals surface area (Å²) in [5.74, 6) is 3.29. The molecule has 0 saturated carbocycles. The van der Waals surface area contributed by atoms with E-state index in [4.69, 9.17) is 9.26 Å². The van der Waals surface area contributed by atoms with Crippen LogP contribution in [0.5, 0.6) is 5.75 Å². The molecule has 0 N–H and O–H groups in total. The molecule has 0 atom stereocenters. The number of ether oxygens (including phenoxy) is 1. The Balaban J connectivity index is 1.27. The SMILES string of the molecule is COc1ccc(CCC(=O)N2CCN(c3ccc(-c4noc(C(C)C)n4)cn3)CC2)cc1. The maximum Gasteiger partial charge on any atom is 0.229 e. The van der Waals surface area contributed by atoms with Crippen LogP contribution in [-0.2, 0) is 11.2 Å². The van der Waals surface area contributed by atoms with Gasteiger partial charge < -0.3 is 19.1 Å². The molecule has 3 heterocycles. The molecule has 1 aliphatic heterocycles. The van der Waals surface area contributed by atoms with Crippen molar-refractivity contribution in [1.29, 1.82) is 0 Å². The third-order valence-corrected chi connectivity index (χ3v) is 5.68. The number of hydrogen-bond acceptors (Lipinski definition) is 7. The number of amides is 1. The lowest BCUT2D eigenvalue weighted by molar-refractivity contribution is -0.131. The molecule has 8 nitrogen and oxygen atoms in total. The third-order valence-electron chi connectivity index (χ3n) is 5.68. The van der Waals surface area contributed by atoms with Crippen molar-refractivity contribution in [3.63, 3.8) is 0 Å². The molecule has 1 saturated heterocycles. The van der Waals surface area contributed by atoms with Gasteiger partial charge in [-0.2, -0.15) is 4.98 Å². The molecular formula is C24H29N5O3. The van der Waals surface area contributed by atoms with Crippen LogP contribution in [0.1, 0.15) is 37.6 Å². The quantitative estimate of drug-likeness (QED) is 0.561. The topological polar surface area (TPSA) is 84.6 Å². The molecule has 0 radical (unpaired) electrons. The summed E-state index contributed by atoms with van der Waals surface area (Å²) >= 11 is 0. The Kier molecular flexibility index (Phi) is 6.68. The highest BCUT2D eigenvalue weighted by Crippen LogP contribution is 2.22. The molecule has 1 amide bonds. The first-order chi connectivity index (χ1) is 15.5. The second kappa shape index (κ2) is 9.80. The van der Waals surface area contributed by atoms with Gasteiger partial charge in [-0.1, -0.05) is 31.1 Å². The minimum atomic E-state index is 0.193. The standard InChI is InChI=1S/C24H29N5O3/c1-17(2)24-26-23(27-32-24)19-7-10-21(25-16-19)28-12-14-29(15-13-28)22(30)11-6-18-4-8-20(31-3)9-5-18/h4-5,7-10,16-17H,6,11-15H2,1-3H3. The number of aromatic nitrogens is 3. The molecule has 4 rings (SSSR count). The van der Waals surface area contributed by atoms with Crippen LogP contribution in [0, 0.1) is 0 Å². The first-order valence-corrected chi connectivity index (χ1v) is 11.0. The number of methoxy groups -OCH3 is 1. The van der Waals surface area contributed by atoms with Crippen molar-refractivity contribution in [1.82, 2.24) is 20.0 Å². The molecule has 1 aromatic carbocycles. The predicted molar refractivity (Wildman–Crippen MR) is 122 cm³/mol. The first kappa shape index (κ1) is 21.8. The maximum absolute atomic E-state index is 12.6. The number of hydrogen-bond donors (Lipinski definition) is 0. The molecule has 168 valence electrons. The van der Waals surface area contributed by atoms with Crippen molar-refractivity contribution in [3.8, 4) is 17.1 Å². The number of pyridine rings is 1. The van der Waals surface area contributed by atoms with Crippen molar-refractivity contribution in [3.05, 3.63) is 54.0 Å². The summed E-state index contributed by atoms with van der Waals surface area (Å²) < 4.78 is 10.5. The third kappa shape index (κ3) is 5.07. The van der Waals surface area contributed by atoms with Gasteiger partial charge >= 0.3 is 0 Å². The van der Waals surface area contributed by atoms with Crippen LogP contribution in [0.4, 0.5) is 5.82 Å². The molecular weight excluding hydrogens is 406 g/mol. The highest BCUT2D eigenvalue weighted by atomic mass is 16.5. The van der Waals surface area contributed by atoms with Gasteiger partial charge in [0.05, 0.1) is 7.11 Å². The Morgan fingerprint density at radius 1 is 1.09 bits per heavy atom. The van der Waals surface area contributed by atoms with Gasteiger partial charge in [0, 0.05) is 50.3 Å². The lowest BCUT2D eigenvalue weighted by atomic mass is 10.1. The van der Waals surface area contributed by atoms with Crippen LogP contribution in [0.25, 0.3) is 11.4 Å². The molecule has 32 heavy (non-hydrogen) atoms. The van der Waals surface area contributed by atoms with E-state index in [1.54, 1.807) is 13.3 Å². The molecule has 0 unspecified atom stereocenters. The van der Waals surface area contributed by atoms with Crippen LogP contribution in [-0.4, -0.2) is 59.2 Å². The van der Waals surface area contributed by atoms with Gasteiger partial charge in [0.25, 0.3) is 0 Å². The fourth-order valence-electron chi connectivity index (χ4n) is 3.68. The Hall–Kier alpha value is -3.42. The summed E-state index contributed by atoms with van der Waals surface area (Å²) in [6, 6.07) is 11.8. The number of aryl methyl sites for hydroxylation is 1. The van der Waals surface area contributed by atoms with E-state index in [9.17, 15) is 4.79 Å². The Morgan fingerprint density at radius 2 is 1.84 bits per heavy atom. The van der Waals surface area contributed by atoms with Gasteiger partial charge in [0.1, 0.15) is 11.6 Å². The van der Waals surface area contributed by atoms with Gasteiger partial charge in [0.2, 0.25) is 17.6 Å². The fraction of sp³-hybridized carbons (Fsp3) is 0.417. The summed E-state index contributed by atoms with van der Waals surface area (Å²) in [6.45, 7) is 6.96. The predicted octanol–water partition coefficient (Wildman–Crippen LogP) is 3.55. The van der Waals surface area contributed by atoms with E-state index in [-0.39, 0.29) is 11.8 Å². The molecule has 0 spiro atoms. The van der Waals surface area contributed by atoms with Crippen molar-refractivity contribution in [2.24, 2.45) is 0 Å². The number of piperazine rings is 1. The van der Waals surface area contributed by atoms with E-state index in [0.29, 0.717) is 31.2 Å². The Morgan fingerprint density at radius 3 is 2.44 bits per heavy atom. The summed E-state index contributed by atoms with van der Waals surface area (Å²) in [5, 5.41) is 4.04. The molecule has 8 heteroatoms. The number of rotatable bonds is 7. The van der Waals surface area contributed by atoms with Gasteiger partial charge in [-0.25, -0.2) is 4.98 Å². The Bertz CT molecular complexity index is 1020. The second-order valence-corrected chi connectivity index (χ2v) is 8.23. The minimum Gasteiger partial charge on any atom is -0.497 e. The minimum absolute atomic E-state index is 0.193. The number of benzene rings is 1. The summed E-state index contributed by atoms with van der Waals surface area (Å²) in [6.07, 6.45) is 3.03. The van der Waals surface area contributed by atoms with Crippen molar-refractivity contribution in [2.75, 3.05) is 38.2 Å². The van der Waals surface area contributed by atoms with Crippen molar-refractivity contribution in [2.45, 2.75) is 32.6 Å². The summed E-state index contributed by atoms with van der Waals surface area (Å²) in [4.78, 5) is 25.8. The van der Waals surface area contributed by atoms with Gasteiger partial charge in [-0.3, -0.25) is 4.79 Å². The number of nitrogens with zero attached hydrogens (tertiary/aromatic N) is 5. The zero-order chi connectivity index (χ0) is 22.5. The van der Waals surface area contributed by atoms with Gasteiger partial charge in [0.15, 0.2) is 0 Å². The number of carbonyl (C=O) groups is 1. The normalized spacial score (nSPS) is 14.1. The van der Waals surface area contributed by atoms with Crippen molar-refractivity contribution < 1.29 is 14.1 Å². The zero-order valence-electron chi connectivity index (χ0n) is 18.8. The molecule has 3 aromatic rings. The van der Waals surface area contributed by atoms with E-state index in [2.05, 4.69) is 20.0 Å². The molecule has 1 fully saturated rings. The van der Waals surface area contributed by atoms with Crippen molar-refractivity contribution >= 4 is 11.7 Å². The monoisotopic (exact) mass is 435 g/mol. The van der Waals surface area contributed by atoms with E-state index in [1.165, 1.54) is 0 Å². The lowest BCUT2D eigenvalue weighted by Gasteiger charge is -2.35. The van der Waals surface area contributed by atoms with Crippen LogP contribution >= 0.6 is 0 Å². The maximum atomic E-state index is 12.6. The highest BCUT2D eigenvalue weighted by molar-refractivity contribution is 5.76. The smallest absolute Gasteiger partial charge is 0.229 e. The average molecular weight is 436 g/mol. The van der Waals surface area contributed by atoms with Gasteiger partial charge in [-0.05, 0) is 36.2 Å². The lowest BCUT2D eigenvalue weighted by Crippen LogP contribution is -2.49. The molecule has 0 aliphatic carbocycles. The second-order valence-electron chi connectivity index (χ2n) is 8.23. The van der Waals surface area contributed by atoms with Crippen LogP contribution < -0.4 is 9.64 Å². The first-order valence-electron chi connectivity index (χ1n) is 11.0. The highest BCUT2D eigenvalue weighted by Gasteiger charge is 2.22. The van der Waals surface area contributed by atoms with E-state index in [1.807, 2.05) is 55.1 Å². The van der Waals surface area contributed by atoms with Crippen LogP contribution in [0.2, 0.25) is 0 Å². The largest absolute Gasteiger partial charge is 0.497 e.